The minimum absolute atomic E-state index is 0.0742. The van der Waals surface area contributed by atoms with Gasteiger partial charge in [0.25, 0.3) is 0 Å². The summed E-state index contributed by atoms with van der Waals surface area (Å²) in [4.78, 5) is 4.59. The number of aliphatic hydroxyl groups is 2. The summed E-state index contributed by atoms with van der Waals surface area (Å²) < 4.78 is 0. The quantitative estimate of drug-likeness (QED) is 0.650. The topological polar surface area (TPSA) is 65.4 Å². The van der Waals surface area contributed by atoms with E-state index < -0.39 is 5.60 Å². The van der Waals surface area contributed by atoms with Gasteiger partial charge in [-0.25, -0.2) is 4.98 Å². The van der Waals surface area contributed by atoms with Gasteiger partial charge in [0.15, 0.2) is 0 Å². The minimum atomic E-state index is -0.912. The smallest absolute Gasteiger partial charge is 0.132 e. The third-order valence-corrected chi connectivity index (χ3v) is 4.27. The van der Waals surface area contributed by atoms with Crippen LogP contribution in [0.25, 0.3) is 10.9 Å². The molecule has 1 heterocycles. The van der Waals surface area contributed by atoms with Crippen LogP contribution in [-0.4, -0.2) is 21.7 Å². The van der Waals surface area contributed by atoms with Crippen molar-refractivity contribution < 1.29 is 10.2 Å². The van der Waals surface area contributed by atoms with Gasteiger partial charge in [-0.15, -0.1) is 0 Å². The summed E-state index contributed by atoms with van der Waals surface area (Å²) >= 11 is 0. The number of aromatic nitrogens is 1. The zero-order valence-electron chi connectivity index (χ0n) is 13.7. The first-order chi connectivity index (χ1) is 11.6. The molecule has 0 spiro atoms. The van der Waals surface area contributed by atoms with Crippen molar-refractivity contribution in [2.75, 3.05) is 11.9 Å². The average Bonchev–Trinajstić information content (AvgIpc) is 2.61. The number of para-hydroxylation sites is 1. The largest absolute Gasteiger partial charge is 0.392 e. The second-order valence-electron chi connectivity index (χ2n) is 6.16. The van der Waals surface area contributed by atoms with Crippen molar-refractivity contribution >= 4 is 16.7 Å². The molecule has 3 N–H and O–H groups in total. The summed E-state index contributed by atoms with van der Waals surface area (Å²) in [7, 11) is 0. The number of nitrogens with zero attached hydrogens (tertiary/aromatic N) is 1. The van der Waals surface area contributed by atoms with Crippen molar-refractivity contribution in [1.29, 1.82) is 0 Å². The van der Waals surface area contributed by atoms with Crippen LogP contribution in [0.15, 0.2) is 60.7 Å². The fraction of sp³-hybridized carbons (Fsp3) is 0.250. The standard InChI is InChI=1S/C20H22N2O2/c1-20(24,17-8-3-2-4-9-17)11-12-21-19-16(14-23)13-15-7-5-6-10-18(15)22-19/h2-10,13,23-24H,11-12,14H2,1H3,(H,21,22). The molecule has 0 amide bonds. The lowest BCUT2D eigenvalue weighted by Crippen LogP contribution is -2.25. The number of nitrogens with one attached hydrogen (secondary N) is 1. The molecule has 1 atom stereocenters. The molecule has 24 heavy (non-hydrogen) atoms. The highest BCUT2D eigenvalue weighted by Gasteiger charge is 2.22. The van der Waals surface area contributed by atoms with Gasteiger partial charge in [0.05, 0.1) is 17.7 Å². The van der Waals surface area contributed by atoms with E-state index in [1.165, 1.54) is 0 Å². The van der Waals surface area contributed by atoms with Gasteiger partial charge < -0.3 is 15.5 Å². The SMILES string of the molecule is CC(O)(CCNc1nc2ccccc2cc1CO)c1ccccc1. The lowest BCUT2D eigenvalue weighted by molar-refractivity contribution is 0.0515. The van der Waals surface area contributed by atoms with Gasteiger partial charge in [-0.05, 0) is 31.0 Å². The number of hydrogen-bond donors (Lipinski definition) is 3. The maximum atomic E-state index is 10.7. The number of hydrogen-bond acceptors (Lipinski definition) is 4. The van der Waals surface area contributed by atoms with E-state index in [0.717, 1.165) is 22.0 Å². The fourth-order valence-corrected chi connectivity index (χ4v) is 2.80. The van der Waals surface area contributed by atoms with E-state index in [1.54, 1.807) is 0 Å². The number of fused-ring (bicyclic) bond motifs is 1. The minimum Gasteiger partial charge on any atom is -0.392 e. The molecule has 0 bridgehead atoms. The molecule has 2 aromatic carbocycles. The molecule has 3 rings (SSSR count). The summed E-state index contributed by atoms with van der Waals surface area (Å²) in [5.74, 6) is 0.667. The third kappa shape index (κ3) is 3.55. The van der Waals surface area contributed by atoms with E-state index in [2.05, 4.69) is 10.3 Å². The van der Waals surface area contributed by atoms with Crippen molar-refractivity contribution in [1.82, 2.24) is 4.98 Å². The molecule has 124 valence electrons. The van der Waals surface area contributed by atoms with Crippen LogP contribution in [0.2, 0.25) is 0 Å². The van der Waals surface area contributed by atoms with Crippen molar-refractivity contribution in [3.63, 3.8) is 0 Å². The van der Waals surface area contributed by atoms with Crippen LogP contribution in [0.3, 0.4) is 0 Å². The molecule has 0 aliphatic carbocycles. The molecule has 0 radical (unpaired) electrons. The Morgan fingerprint density at radius 2 is 1.75 bits per heavy atom. The summed E-state index contributed by atoms with van der Waals surface area (Å²) in [6.45, 7) is 2.29. The van der Waals surface area contributed by atoms with E-state index in [9.17, 15) is 10.2 Å². The first-order valence-electron chi connectivity index (χ1n) is 8.11. The summed E-state index contributed by atoms with van der Waals surface area (Å²) in [6.07, 6.45) is 0.538. The summed E-state index contributed by atoms with van der Waals surface area (Å²) in [6, 6.07) is 19.4. The molecule has 3 aromatic rings. The summed E-state index contributed by atoms with van der Waals surface area (Å²) in [5, 5.41) is 24.5. The Morgan fingerprint density at radius 3 is 2.50 bits per heavy atom. The lowest BCUT2D eigenvalue weighted by atomic mass is 9.92. The molecule has 0 aliphatic rings. The fourth-order valence-electron chi connectivity index (χ4n) is 2.80. The van der Waals surface area contributed by atoms with Crippen LogP contribution in [0.5, 0.6) is 0 Å². The van der Waals surface area contributed by atoms with Gasteiger partial charge >= 0.3 is 0 Å². The summed E-state index contributed by atoms with van der Waals surface area (Å²) in [5.41, 5.74) is 1.62. The van der Waals surface area contributed by atoms with Gasteiger partial charge in [0, 0.05) is 17.5 Å². The number of benzene rings is 2. The van der Waals surface area contributed by atoms with E-state index in [1.807, 2.05) is 67.6 Å². The van der Waals surface area contributed by atoms with Crippen molar-refractivity contribution in [3.05, 3.63) is 71.8 Å². The van der Waals surface area contributed by atoms with Gasteiger partial charge in [-0.3, -0.25) is 0 Å². The highest BCUT2D eigenvalue weighted by molar-refractivity contribution is 5.81. The van der Waals surface area contributed by atoms with Crippen LogP contribution < -0.4 is 5.32 Å². The van der Waals surface area contributed by atoms with Crippen molar-refractivity contribution in [2.24, 2.45) is 0 Å². The normalized spacial score (nSPS) is 13.6. The second-order valence-corrected chi connectivity index (χ2v) is 6.16. The Bertz CT molecular complexity index is 816. The molecule has 4 nitrogen and oxygen atoms in total. The monoisotopic (exact) mass is 322 g/mol. The van der Waals surface area contributed by atoms with E-state index >= 15 is 0 Å². The Labute approximate surface area is 141 Å². The molecule has 4 heteroatoms. The lowest BCUT2D eigenvalue weighted by Gasteiger charge is -2.24. The van der Waals surface area contributed by atoms with Crippen molar-refractivity contribution in [2.45, 2.75) is 25.6 Å². The Kier molecular flexibility index (Phi) is 4.79. The maximum Gasteiger partial charge on any atom is 0.132 e. The average molecular weight is 322 g/mol. The Balaban J connectivity index is 1.73. The molecule has 0 saturated carbocycles. The molecule has 1 unspecified atom stereocenters. The zero-order chi connectivity index (χ0) is 17.0. The van der Waals surface area contributed by atoms with Gasteiger partial charge in [-0.2, -0.15) is 0 Å². The molecular formula is C20H22N2O2. The van der Waals surface area contributed by atoms with E-state index in [-0.39, 0.29) is 6.61 Å². The van der Waals surface area contributed by atoms with E-state index in [4.69, 9.17) is 0 Å². The second kappa shape index (κ2) is 6.99. The van der Waals surface area contributed by atoms with Crippen LogP contribution in [0.4, 0.5) is 5.82 Å². The third-order valence-electron chi connectivity index (χ3n) is 4.27. The molecule has 0 fully saturated rings. The predicted octanol–water partition coefficient (Wildman–Crippen LogP) is 3.44. The number of rotatable bonds is 6. The Hall–Kier alpha value is -2.43. The predicted molar refractivity (Wildman–Crippen MR) is 96.8 cm³/mol. The molecular weight excluding hydrogens is 300 g/mol. The van der Waals surface area contributed by atoms with Gasteiger partial charge in [0.2, 0.25) is 0 Å². The highest BCUT2D eigenvalue weighted by atomic mass is 16.3. The first-order valence-corrected chi connectivity index (χ1v) is 8.11. The number of pyridine rings is 1. The van der Waals surface area contributed by atoms with Crippen LogP contribution in [0.1, 0.15) is 24.5 Å². The molecule has 0 aliphatic heterocycles. The molecule has 1 aromatic heterocycles. The molecule has 0 saturated heterocycles. The zero-order valence-corrected chi connectivity index (χ0v) is 13.7. The first kappa shape index (κ1) is 16.4. The van der Waals surface area contributed by atoms with Crippen LogP contribution >= 0.6 is 0 Å². The maximum absolute atomic E-state index is 10.7. The van der Waals surface area contributed by atoms with E-state index in [0.29, 0.717) is 18.8 Å². The van der Waals surface area contributed by atoms with Gasteiger partial charge in [-0.1, -0.05) is 48.5 Å². The van der Waals surface area contributed by atoms with Crippen LogP contribution in [0, 0.1) is 0 Å². The Morgan fingerprint density at radius 1 is 1.04 bits per heavy atom. The number of anilines is 1. The van der Waals surface area contributed by atoms with Gasteiger partial charge in [0.1, 0.15) is 5.82 Å². The number of aliphatic hydroxyl groups excluding tert-OH is 1. The van der Waals surface area contributed by atoms with Crippen molar-refractivity contribution in [3.8, 4) is 0 Å². The highest BCUT2D eigenvalue weighted by Crippen LogP contribution is 2.25. The van der Waals surface area contributed by atoms with Crippen LogP contribution in [-0.2, 0) is 12.2 Å².